The molecule has 3 nitrogen and oxygen atoms in total. The Morgan fingerprint density at radius 1 is 1.25 bits per heavy atom. The fraction of sp³-hybridized carbons (Fsp3) is 0.462. The number of carbonyl (C=O) groups is 1. The monoisotopic (exact) mass is 221 g/mol. The smallest absolute Gasteiger partial charge is 0.327 e. The Morgan fingerprint density at radius 3 is 2.38 bits per heavy atom. The lowest BCUT2D eigenvalue weighted by Gasteiger charge is -2.15. The normalized spacial score (nSPS) is 12.3. The number of aryl methyl sites for hydroxylation is 3. The maximum Gasteiger partial charge on any atom is 0.327 e. The average molecular weight is 221 g/mol. The van der Waals surface area contributed by atoms with Crippen molar-refractivity contribution < 1.29 is 9.53 Å². The summed E-state index contributed by atoms with van der Waals surface area (Å²) in [5.41, 5.74) is 10.1. The molecule has 0 saturated carbocycles. The second-order valence-electron chi connectivity index (χ2n) is 4.02. The fourth-order valence-electron chi connectivity index (χ4n) is 1.68. The molecule has 0 heterocycles. The van der Waals surface area contributed by atoms with Gasteiger partial charge < -0.3 is 10.5 Å². The Kier molecular flexibility index (Phi) is 4.07. The van der Waals surface area contributed by atoms with E-state index >= 15 is 0 Å². The standard InChI is InChI=1S/C13H19NO2/c1-5-16-13(15)12(14)11-7-9(3)8(2)6-10(11)4/h6-7,12H,5,14H2,1-4H3. The summed E-state index contributed by atoms with van der Waals surface area (Å²) in [4.78, 5) is 11.5. The first-order chi connectivity index (χ1) is 7.47. The van der Waals surface area contributed by atoms with E-state index in [0.717, 1.165) is 16.7 Å². The molecule has 0 fully saturated rings. The first kappa shape index (κ1) is 12.7. The van der Waals surface area contributed by atoms with E-state index in [0.29, 0.717) is 6.61 Å². The van der Waals surface area contributed by atoms with Gasteiger partial charge in [0.2, 0.25) is 0 Å². The van der Waals surface area contributed by atoms with Crippen molar-refractivity contribution in [2.45, 2.75) is 33.7 Å². The molecule has 1 aromatic rings. The molecular weight excluding hydrogens is 202 g/mol. The van der Waals surface area contributed by atoms with Crippen molar-refractivity contribution in [2.24, 2.45) is 5.73 Å². The van der Waals surface area contributed by atoms with Gasteiger partial charge in [0.1, 0.15) is 6.04 Å². The van der Waals surface area contributed by atoms with Crippen molar-refractivity contribution in [1.29, 1.82) is 0 Å². The number of hydrogen-bond acceptors (Lipinski definition) is 3. The molecule has 0 radical (unpaired) electrons. The summed E-state index contributed by atoms with van der Waals surface area (Å²) in [6, 6.07) is 3.33. The summed E-state index contributed by atoms with van der Waals surface area (Å²) in [7, 11) is 0. The van der Waals surface area contributed by atoms with Crippen LogP contribution in [0.3, 0.4) is 0 Å². The van der Waals surface area contributed by atoms with E-state index in [1.807, 2.05) is 32.9 Å². The van der Waals surface area contributed by atoms with Crippen LogP contribution in [0, 0.1) is 20.8 Å². The number of ether oxygens (including phenoxy) is 1. The number of hydrogen-bond donors (Lipinski definition) is 1. The lowest BCUT2D eigenvalue weighted by molar-refractivity contribution is -0.144. The van der Waals surface area contributed by atoms with Gasteiger partial charge in [0.05, 0.1) is 6.61 Å². The van der Waals surface area contributed by atoms with Crippen molar-refractivity contribution in [3.05, 3.63) is 34.4 Å². The molecule has 0 aromatic heterocycles. The molecule has 16 heavy (non-hydrogen) atoms. The second kappa shape index (κ2) is 5.12. The second-order valence-corrected chi connectivity index (χ2v) is 4.02. The van der Waals surface area contributed by atoms with E-state index in [9.17, 15) is 4.79 Å². The summed E-state index contributed by atoms with van der Waals surface area (Å²) in [6.07, 6.45) is 0. The minimum Gasteiger partial charge on any atom is -0.465 e. The van der Waals surface area contributed by atoms with Gasteiger partial charge in [0.25, 0.3) is 0 Å². The Bertz CT molecular complexity index is 399. The highest BCUT2D eigenvalue weighted by Gasteiger charge is 2.19. The van der Waals surface area contributed by atoms with E-state index in [1.54, 1.807) is 6.92 Å². The van der Waals surface area contributed by atoms with Gasteiger partial charge in [-0.15, -0.1) is 0 Å². The molecule has 2 N–H and O–H groups in total. The summed E-state index contributed by atoms with van der Waals surface area (Å²) in [5.74, 6) is -0.367. The van der Waals surface area contributed by atoms with Crippen molar-refractivity contribution in [3.8, 4) is 0 Å². The van der Waals surface area contributed by atoms with Crippen LogP contribution in [0.25, 0.3) is 0 Å². The molecule has 0 aliphatic heterocycles. The molecular formula is C13H19NO2. The van der Waals surface area contributed by atoms with Gasteiger partial charge in [-0.25, -0.2) is 4.79 Å². The van der Waals surface area contributed by atoms with Crippen molar-refractivity contribution >= 4 is 5.97 Å². The van der Waals surface area contributed by atoms with Crippen LogP contribution in [0.15, 0.2) is 12.1 Å². The van der Waals surface area contributed by atoms with E-state index in [2.05, 4.69) is 0 Å². The Labute approximate surface area is 96.6 Å². The zero-order chi connectivity index (χ0) is 12.3. The SMILES string of the molecule is CCOC(=O)C(N)c1cc(C)c(C)cc1C. The molecule has 0 aliphatic carbocycles. The maximum atomic E-state index is 11.5. The third-order valence-corrected chi connectivity index (χ3v) is 2.76. The molecule has 0 amide bonds. The topological polar surface area (TPSA) is 52.3 Å². The first-order valence-corrected chi connectivity index (χ1v) is 5.47. The van der Waals surface area contributed by atoms with Gasteiger partial charge in [0.15, 0.2) is 0 Å². The van der Waals surface area contributed by atoms with Crippen LogP contribution in [0.5, 0.6) is 0 Å². The molecule has 0 bridgehead atoms. The van der Waals surface area contributed by atoms with Crippen LogP contribution in [-0.4, -0.2) is 12.6 Å². The van der Waals surface area contributed by atoms with Crippen LogP contribution in [-0.2, 0) is 9.53 Å². The van der Waals surface area contributed by atoms with Crippen molar-refractivity contribution in [1.82, 2.24) is 0 Å². The van der Waals surface area contributed by atoms with Gasteiger partial charge in [-0.2, -0.15) is 0 Å². The van der Waals surface area contributed by atoms with E-state index < -0.39 is 6.04 Å². The molecule has 1 unspecified atom stereocenters. The zero-order valence-electron chi connectivity index (χ0n) is 10.3. The fourth-order valence-corrected chi connectivity index (χ4v) is 1.68. The predicted molar refractivity (Wildman–Crippen MR) is 64.2 cm³/mol. The molecule has 88 valence electrons. The number of nitrogens with two attached hydrogens (primary N) is 1. The predicted octanol–water partition coefficient (Wildman–Crippen LogP) is 2.17. The van der Waals surface area contributed by atoms with Crippen molar-refractivity contribution in [3.63, 3.8) is 0 Å². The largest absolute Gasteiger partial charge is 0.465 e. The molecule has 0 saturated heterocycles. The molecule has 1 aromatic carbocycles. The molecule has 1 rings (SSSR count). The third kappa shape index (κ3) is 2.61. The first-order valence-electron chi connectivity index (χ1n) is 5.47. The van der Waals surface area contributed by atoms with Crippen LogP contribution in [0.1, 0.15) is 35.2 Å². The summed E-state index contributed by atoms with van der Waals surface area (Å²) >= 11 is 0. The summed E-state index contributed by atoms with van der Waals surface area (Å²) in [5, 5.41) is 0. The highest BCUT2D eigenvalue weighted by atomic mass is 16.5. The van der Waals surface area contributed by atoms with Gasteiger partial charge in [0, 0.05) is 0 Å². The highest BCUT2D eigenvalue weighted by molar-refractivity contribution is 5.78. The van der Waals surface area contributed by atoms with Crippen LogP contribution < -0.4 is 5.73 Å². The lowest BCUT2D eigenvalue weighted by Crippen LogP contribution is -2.24. The van der Waals surface area contributed by atoms with Crippen LogP contribution in [0.4, 0.5) is 0 Å². The number of esters is 1. The third-order valence-electron chi connectivity index (χ3n) is 2.76. The van der Waals surface area contributed by atoms with Gasteiger partial charge >= 0.3 is 5.97 Å². The molecule has 0 aliphatic rings. The van der Waals surface area contributed by atoms with E-state index in [1.165, 1.54) is 5.56 Å². The van der Waals surface area contributed by atoms with Gasteiger partial charge in [-0.1, -0.05) is 12.1 Å². The quantitative estimate of drug-likeness (QED) is 0.796. The minimum atomic E-state index is -0.681. The number of rotatable bonds is 3. The van der Waals surface area contributed by atoms with Crippen molar-refractivity contribution in [2.75, 3.05) is 6.61 Å². The minimum absolute atomic E-state index is 0.358. The van der Waals surface area contributed by atoms with Crippen LogP contribution >= 0.6 is 0 Å². The maximum absolute atomic E-state index is 11.5. The summed E-state index contributed by atoms with van der Waals surface area (Å²) in [6.45, 7) is 8.15. The average Bonchev–Trinajstić information content (AvgIpc) is 2.23. The lowest BCUT2D eigenvalue weighted by atomic mass is 9.96. The van der Waals surface area contributed by atoms with E-state index in [-0.39, 0.29) is 5.97 Å². The molecule has 1 atom stereocenters. The molecule has 0 spiro atoms. The van der Waals surface area contributed by atoms with Gasteiger partial charge in [-0.3, -0.25) is 0 Å². The Balaban J connectivity index is 3.04. The van der Waals surface area contributed by atoms with Crippen LogP contribution in [0.2, 0.25) is 0 Å². The zero-order valence-corrected chi connectivity index (χ0v) is 10.3. The van der Waals surface area contributed by atoms with Gasteiger partial charge in [-0.05, 0) is 49.9 Å². The highest BCUT2D eigenvalue weighted by Crippen LogP contribution is 2.21. The number of benzene rings is 1. The molecule has 3 heteroatoms. The number of carbonyl (C=O) groups excluding carboxylic acids is 1. The summed E-state index contributed by atoms with van der Waals surface area (Å²) < 4.78 is 4.92. The van der Waals surface area contributed by atoms with E-state index in [4.69, 9.17) is 10.5 Å². The Hall–Kier alpha value is -1.35. The Morgan fingerprint density at radius 2 is 1.81 bits per heavy atom.